The molecule has 0 aliphatic heterocycles. The molecule has 0 saturated heterocycles. The average Bonchev–Trinajstić information content (AvgIpc) is 3.55. The number of methoxy groups -OCH3 is 1. The van der Waals surface area contributed by atoms with Gasteiger partial charge < -0.3 is 24.5 Å². The summed E-state index contributed by atoms with van der Waals surface area (Å²) < 4.78 is 28.6. The molecule has 196 valence electrons. The summed E-state index contributed by atoms with van der Waals surface area (Å²) in [7, 11) is 1.42. The summed E-state index contributed by atoms with van der Waals surface area (Å²) in [5.41, 5.74) is -0.114. The molecule has 0 radical (unpaired) electrons. The Morgan fingerprint density at radius 3 is 2.57 bits per heavy atom. The van der Waals surface area contributed by atoms with Crippen LogP contribution in [-0.2, 0) is 11.2 Å². The van der Waals surface area contributed by atoms with Crippen molar-refractivity contribution in [1.29, 1.82) is 0 Å². The standard InChI is InChI=1S/C27H29FN2O6S/c1-27(2,3)36-26(34)29-18-7-5-6-13-10-19(37-24(13)18)20-17(28)11-15-21(23(20)35-4)30(14-8-9-14)12-16(22(15)31)25(32)33/h10-12,14,18H,5-9H2,1-4H3,(H,29,34)(H,32,33). The largest absolute Gasteiger partial charge is 0.494 e. The maximum Gasteiger partial charge on any atom is 0.408 e. The minimum absolute atomic E-state index is 0.0179. The van der Waals surface area contributed by atoms with Gasteiger partial charge in [-0.05, 0) is 70.6 Å². The number of aromatic nitrogens is 1. The number of carbonyl (C=O) groups excluding carboxylic acids is 1. The number of halogens is 1. The molecule has 2 N–H and O–H groups in total. The van der Waals surface area contributed by atoms with Crippen LogP contribution in [0.15, 0.2) is 23.1 Å². The summed E-state index contributed by atoms with van der Waals surface area (Å²) >= 11 is 1.38. The van der Waals surface area contributed by atoms with Crippen LogP contribution in [0.1, 0.15) is 79.3 Å². The second kappa shape index (κ2) is 9.16. The van der Waals surface area contributed by atoms with Crippen LogP contribution < -0.4 is 15.5 Å². The second-order valence-electron chi connectivity index (χ2n) is 10.6. The Labute approximate surface area is 217 Å². The fraction of sp³-hybridized carbons (Fsp3) is 0.444. The molecule has 1 amide bonds. The summed E-state index contributed by atoms with van der Waals surface area (Å²) in [5.74, 6) is -1.81. The van der Waals surface area contributed by atoms with Crippen molar-refractivity contribution in [1.82, 2.24) is 9.88 Å². The Hall–Kier alpha value is -3.40. The van der Waals surface area contributed by atoms with Gasteiger partial charge in [0.25, 0.3) is 0 Å². The van der Waals surface area contributed by atoms with E-state index < -0.39 is 34.5 Å². The molecule has 2 heterocycles. The zero-order valence-electron chi connectivity index (χ0n) is 21.1. The molecule has 2 aliphatic rings. The molecule has 2 aromatic heterocycles. The lowest BCUT2D eigenvalue weighted by atomic mass is 9.94. The number of alkyl carbamates (subject to hydrolysis) is 1. The van der Waals surface area contributed by atoms with E-state index in [9.17, 15) is 19.5 Å². The lowest BCUT2D eigenvalue weighted by molar-refractivity contribution is 0.0499. The monoisotopic (exact) mass is 528 g/mol. The Morgan fingerprint density at radius 1 is 1.22 bits per heavy atom. The molecule has 5 rings (SSSR count). The van der Waals surface area contributed by atoms with Crippen molar-refractivity contribution in [2.24, 2.45) is 0 Å². The number of aryl methyl sites for hydroxylation is 1. The van der Waals surface area contributed by atoms with E-state index in [1.54, 1.807) is 25.3 Å². The number of carboxylic acids is 1. The molecule has 1 saturated carbocycles. The lowest BCUT2D eigenvalue weighted by Gasteiger charge is -2.26. The molecule has 0 spiro atoms. The van der Waals surface area contributed by atoms with Crippen LogP contribution in [0.3, 0.4) is 0 Å². The summed E-state index contributed by atoms with van der Waals surface area (Å²) in [6.07, 6.45) is 4.90. The maximum absolute atomic E-state index is 15.7. The number of ether oxygens (including phenoxy) is 2. The van der Waals surface area contributed by atoms with Crippen molar-refractivity contribution in [3.05, 3.63) is 50.4 Å². The molecular formula is C27H29FN2O6S. The van der Waals surface area contributed by atoms with Crippen LogP contribution in [0, 0.1) is 5.82 Å². The van der Waals surface area contributed by atoms with Crippen LogP contribution in [0.4, 0.5) is 9.18 Å². The molecule has 2 aliphatic carbocycles. The Morgan fingerprint density at radius 2 is 1.95 bits per heavy atom. The molecule has 1 fully saturated rings. The second-order valence-corrected chi connectivity index (χ2v) is 11.7. The SMILES string of the molecule is COc1c(-c2cc3c(s2)C(NC(=O)OC(C)(C)C)CCC3)c(F)cc2c(=O)c(C(=O)O)cn(C3CC3)c12. The maximum atomic E-state index is 15.7. The predicted molar refractivity (Wildman–Crippen MR) is 138 cm³/mol. The fourth-order valence-corrected chi connectivity index (χ4v) is 6.29. The molecule has 0 bridgehead atoms. The number of benzene rings is 1. The smallest absolute Gasteiger partial charge is 0.408 e. The highest BCUT2D eigenvalue weighted by atomic mass is 32.1. The minimum atomic E-state index is -1.35. The van der Waals surface area contributed by atoms with Crippen molar-refractivity contribution in [2.45, 2.75) is 70.6 Å². The van der Waals surface area contributed by atoms with Gasteiger partial charge in [-0.25, -0.2) is 14.0 Å². The number of aromatic carboxylic acids is 1. The molecule has 3 aromatic rings. The van der Waals surface area contributed by atoms with Crippen molar-refractivity contribution in [2.75, 3.05) is 7.11 Å². The number of rotatable bonds is 5. The van der Waals surface area contributed by atoms with Crippen LogP contribution in [0.25, 0.3) is 21.3 Å². The van der Waals surface area contributed by atoms with Gasteiger partial charge in [-0.3, -0.25) is 4.79 Å². The zero-order valence-corrected chi connectivity index (χ0v) is 22.0. The average molecular weight is 529 g/mol. The van der Waals surface area contributed by atoms with Crippen LogP contribution in [0.5, 0.6) is 5.75 Å². The number of carboxylic acid groups (broad SMARTS) is 1. The van der Waals surface area contributed by atoms with E-state index in [-0.39, 0.29) is 28.8 Å². The molecular weight excluding hydrogens is 499 g/mol. The van der Waals surface area contributed by atoms with Gasteiger partial charge in [0.1, 0.15) is 17.0 Å². The van der Waals surface area contributed by atoms with Gasteiger partial charge >= 0.3 is 12.1 Å². The Balaban J connectivity index is 1.64. The number of hydrogen-bond donors (Lipinski definition) is 2. The van der Waals surface area contributed by atoms with Crippen molar-refractivity contribution < 1.29 is 28.6 Å². The van der Waals surface area contributed by atoms with E-state index in [4.69, 9.17) is 9.47 Å². The number of carbonyl (C=O) groups is 2. The van der Waals surface area contributed by atoms with Crippen LogP contribution >= 0.6 is 11.3 Å². The third-order valence-electron chi connectivity index (χ3n) is 6.63. The van der Waals surface area contributed by atoms with Gasteiger partial charge in [0, 0.05) is 22.0 Å². The van der Waals surface area contributed by atoms with E-state index in [1.807, 2.05) is 6.07 Å². The fourth-order valence-electron chi connectivity index (χ4n) is 4.95. The van der Waals surface area contributed by atoms with E-state index >= 15 is 4.39 Å². The number of fused-ring (bicyclic) bond motifs is 2. The number of amides is 1. The first-order valence-electron chi connectivity index (χ1n) is 12.3. The summed E-state index contributed by atoms with van der Waals surface area (Å²) in [6.45, 7) is 5.41. The van der Waals surface area contributed by atoms with Gasteiger partial charge in [-0.2, -0.15) is 0 Å². The number of thiophene rings is 1. The molecule has 37 heavy (non-hydrogen) atoms. The Bertz CT molecular complexity index is 1480. The summed E-state index contributed by atoms with van der Waals surface area (Å²) in [5, 5.41) is 12.5. The number of nitrogens with one attached hydrogen (secondary N) is 1. The van der Waals surface area contributed by atoms with Gasteiger partial charge in [0.15, 0.2) is 5.75 Å². The molecule has 8 nitrogen and oxygen atoms in total. The number of hydrogen-bond acceptors (Lipinski definition) is 6. The first-order valence-corrected chi connectivity index (χ1v) is 13.1. The molecule has 10 heteroatoms. The first-order chi connectivity index (χ1) is 17.5. The molecule has 1 aromatic carbocycles. The van der Waals surface area contributed by atoms with Crippen molar-refractivity contribution in [3.63, 3.8) is 0 Å². The zero-order chi connectivity index (χ0) is 26.6. The summed E-state index contributed by atoms with van der Waals surface area (Å²) in [6, 6.07) is 2.80. The third kappa shape index (κ3) is 4.70. The van der Waals surface area contributed by atoms with E-state index in [2.05, 4.69) is 5.32 Å². The predicted octanol–water partition coefficient (Wildman–Crippen LogP) is 5.81. The van der Waals surface area contributed by atoms with Gasteiger partial charge in [0.2, 0.25) is 5.43 Å². The quantitative estimate of drug-likeness (QED) is 0.433. The number of pyridine rings is 1. The topological polar surface area (TPSA) is 107 Å². The highest BCUT2D eigenvalue weighted by molar-refractivity contribution is 7.15. The molecule has 1 unspecified atom stereocenters. The van der Waals surface area contributed by atoms with Gasteiger partial charge in [-0.15, -0.1) is 11.3 Å². The van der Waals surface area contributed by atoms with Crippen LogP contribution in [-0.4, -0.2) is 34.4 Å². The van der Waals surface area contributed by atoms with Crippen molar-refractivity contribution >= 4 is 34.3 Å². The van der Waals surface area contributed by atoms with Gasteiger partial charge in [-0.1, -0.05) is 0 Å². The third-order valence-corrected chi connectivity index (χ3v) is 7.94. The normalized spacial score (nSPS) is 17.4. The van der Waals surface area contributed by atoms with E-state index in [0.29, 0.717) is 10.4 Å². The number of nitrogens with zero attached hydrogens (tertiary/aromatic N) is 1. The highest BCUT2D eigenvalue weighted by Crippen LogP contribution is 2.47. The first kappa shape index (κ1) is 25.3. The van der Waals surface area contributed by atoms with E-state index in [1.165, 1.54) is 24.6 Å². The summed E-state index contributed by atoms with van der Waals surface area (Å²) in [4.78, 5) is 38.7. The van der Waals surface area contributed by atoms with E-state index in [0.717, 1.165) is 48.6 Å². The molecule has 1 atom stereocenters. The van der Waals surface area contributed by atoms with Crippen LogP contribution in [0.2, 0.25) is 0 Å². The minimum Gasteiger partial charge on any atom is -0.494 e. The Kier molecular flexibility index (Phi) is 6.26. The van der Waals surface area contributed by atoms with Gasteiger partial charge in [0.05, 0.1) is 29.6 Å². The van der Waals surface area contributed by atoms with Crippen molar-refractivity contribution in [3.8, 4) is 16.2 Å². The lowest BCUT2D eigenvalue weighted by Crippen LogP contribution is -2.35. The highest BCUT2D eigenvalue weighted by Gasteiger charge is 2.32.